The largest absolute Gasteiger partial charge is 0.493 e. The molecule has 0 bridgehead atoms. The number of carbonyl (C=O) groups excluding carboxylic acids is 3. The third-order valence-corrected chi connectivity index (χ3v) is 4.35. The second kappa shape index (κ2) is 8.00. The third kappa shape index (κ3) is 3.75. The minimum Gasteiger partial charge on any atom is -0.493 e. The van der Waals surface area contributed by atoms with Gasteiger partial charge >= 0.3 is 0 Å². The van der Waals surface area contributed by atoms with Crippen LogP contribution in [0.25, 0.3) is 0 Å². The predicted molar refractivity (Wildman–Crippen MR) is 90.5 cm³/mol. The molecule has 0 spiro atoms. The molecule has 0 saturated carbocycles. The number of methoxy groups -OCH3 is 3. The topological polar surface area (TPSA) is 82.1 Å². The lowest BCUT2D eigenvalue weighted by atomic mass is 9.97. The number of hydrogen-bond donors (Lipinski definition) is 0. The molecule has 0 aromatic heterocycles. The number of nitrogens with zero attached hydrogens (tertiary/aromatic N) is 1. The van der Waals surface area contributed by atoms with Crippen molar-refractivity contribution in [2.45, 2.75) is 32.2 Å². The summed E-state index contributed by atoms with van der Waals surface area (Å²) in [7, 11) is 4.33. The smallest absolute Gasteiger partial charge is 0.295 e. The maximum absolute atomic E-state index is 12.7. The summed E-state index contributed by atoms with van der Waals surface area (Å²) in [6, 6.07) is 2.34. The number of piperidine rings is 1. The van der Waals surface area contributed by atoms with Gasteiger partial charge in [-0.15, -0.1) is 0 Å². The molecular formula is C18H23NO6. The van der Waals surface area contributed by atoms with Crippen molar-refractivity contribution >= 4 is 17.5 Å². The van der Waals surface area contributed by atoms with Gasteiger partial charge in [0, 0.05) is 12.1 Å². The minimum atomic E-state index is -0.701. The maximum atomic E-state index is 12.7. The average molecular weight is 349 g/mol. The number of rotatable bonds is 6. The molecular weight excluding hydrogens is 326 g/mol. The predicted octanol–water partition coefficient (Wildman–Crippen LogP) is 1.87. The Morgan fingerprint density at radius 1 is 1.00 bits per heavy atom. The Morgan fingerprint density at radius 3 is 2.08 bits per heavy atom. The van der Waals surface area contributed by atoms with E-state index >= 15 is 0 Å². The quantitative estimate of drug-likeness (QED) is 0.576. The van der Waals surface area contributed by atoms with Crippen molar-refractivity contribution in [3.05, 3.63) is 17.7 Å². The first kappa shape index (κ1) is 18.8. The van der Waals surface area contributed by atoms with Gasteiger partial charge in [-0.1, -0.05) is 0 Å². The first-order valence-corrected chi connectivity index (χ1v) is 8.10. The van der Waals surface area contributed by atoms with Gasteiger partial charge in [0.2, 0.25) is 5.75 Å². The minimum absolute atomic E-state index is 0.106. The number of ether oxygens (including phenoxy) is 3. The lowest BCUT2D eigenvalue weighted by Gasteiger charge is -2.33. The number of carbonyl (C=O) groups is 3. The van der Waals surface area contributed by atoms with Crippen LogP contribution >= 0.6 is 0 Å². The summed E-state index contributed by atoms with van der Waals surface area (Å²) < 4.78 is 15.7. The van der Waals surface area contributed by atoms with Crippen molar-refractivity contribution in [2.24, 2.45) is 0 Å². The molecule has 1 saturated heterocycles. The molecule has 2 rings (SSSR count). The molecule has 7 nitrogen and oxygen atoms in total. The summed E-state index contributed by atoms with van der Waals surface area (Å²) in [5.74, 6) is -0.569. The molecule has 1 aliphatic heterocycles. The zero-order valence-corrected chi connectivity index (χ0v) is 15.0. The normalized spacial score (nSPS) is 17.0. The summed E-state index contributed by atoms with van der Waals surface area (Å²) in [5, 5.41) is 0. The van der Waals surface area contributed by atoms with Gasteiger partial charge in [-0.2, -0.15) is 0 Å². The molecule has 1 fully saturated rings. The number of Topliss-reactive ketones (excluding diaryl/α,β-unsaturated/α-hetero) is 2. The van der Waals surface area contributed by atoms with E-state index in [9.17, 15) is 14.4 Å². The fourth-order valence-electron chi connectivity index (χ4n) is 3.06. The van der Waals surface area contributed by atoms with Crippen molar-refractivity contribution in [3.8, 4) is 17.2 Å². The van der Waals surface area contributed by atoms with Crippen LogP contribution in [0.1, 0.15) is 36.5 Å². The van der Waals surface area contributed by atoms with Crippen LogP contribution in [0.3, 0.4) is 0 Å². The molecule has 1 heterocycles. The molecule has 1 amide bonds. The van der Waals surface area contributed by atoms with E-state index in [-0.39, 0.29) is 11.3 Å². The van der Waals surface area contributed by atoms with E-state index in [0.29, 0.717) is 30.2 Å². The zero-order chi connectivity index (χ0) is 18.6. The van der Waals surface area contributed by atoms with Crippen LogP contribution in [-0.2, 0) is 9.59 Å². The van der Waals surface area contributed by atoms with E-state index in [1.54, 1.807) is 0 Å². The number of amides is 1. The fourth-order valence-corrected chi connectivity index (χ4v) is 3.06. The van der Waals surface area contributed by atoms with E-state index in [1.807, 2.05) is 0 Å². The highest BCUT2D eigenvalue weighted by Gasteiger charge is 2.34. The molecule has 25 heavy (non-hydrogen) atoms. The van der Waals surface area contributed by atoms with E-state index in [2.05, 4.69) is 0 Å². The van der Waals surface area contributed by atoms with Crippen LogP contribution in [-0.4, -0.2) is 56.3 Å². The van der Waals surface area contributed by atoms with Gasteiger partial charge in [0.15, 0.2) is 17.3 Å². The van der Waals surface area contributed by atoms with Crippen LogP contribution in [0, 0.1) is 0 Å². The first-order valence-electron chi connectivity index (χ1n) is 8.10. The van der Waals surface area contributed by atoms with Gasteiger partial charge in [-0.25, -0.2) is 0 Å². The summed E-state index contributed by atoms with van der Waals surface area (Å²) >= 11 is 0. The van der Waals surface area contributed by atoms with Gasteiger partial charge in [0.05, 0.1) is 27.4 Å². The molecule has 0 unspecified atom stereocenters. The van der Waals surface area contributed by atoms with Crippen LogP contribution in [0.4, 0.5) is 0 Å². The van der Waals surface area contributed by atoms with Gasteiger partial charge in [-0.05, 0) is 38.3 Å². The fraction of sp³-hybridized carbons (Fsp3) is 0.500. The SMILES string of the molecule is COc1cc(C(=O)C(=O)N2CCCC[C@H]2C(C)=O)cc(OC)c1OC. The Morgan fingerprint density at radius 2 is 1.60 bits per heavy atom. The number of hydrogen-bond acceptors (Lipinski definition) is 6. The monoisotopic (exact) mass is 349 g/mol. The standard InChI is InChI=1S/C18H23NO6/c1-11(20)13-7-5-6-8-19(13)18(22)16(21)12-9-14(23-2)17(25-4)15(10-12)24-3/h9-10,13H,5-8H2,1-4H3/t13-/m0/s1. The van der Waals surface area contributed by atoms with E-state index in [1.165, 1.54) is 45.3 Å². The Balaban J connectivity index is 2.36. The maximum Gasteiger partial charge on any atom is 0.295 e. The summed E-state index contributed by atoms with van der Waals surface area (Å²) in [4.78, 5) is 38.5. The van der Waals surface area contributed by atoms with Crippen molar-refractivity contribution in [1.82, 2.24) is 4.90 Å². The molecule has 1 aromatic rings. The molecule has 1 atom stereocenters. The highest BCUT2D eigenvalue weighted by atomic mass is 16.5. The summed E-state index contributed by atoms with van der Waals surface area (Å²) in [5.41, 5.74) is 0.132. The second-order valence-corrected chi connectivity index (χ2v) is 5.86. The van der Waals surface area contributed by atoms with Crippen LogP contribution < -0.4 is 14.2 Å². The third-order valence-electron chi connectivity index (χ3n) is 4.35. The van der Waals surface area contributed by atoms with Gasteiger partial charge in [0.25, 0.3) is 11.7 Å². The molecule has 136 valence electrons. The molecule has 1 aromatic carbocycles. The first-order chi connectivity index (χ1) is 11.9. The zero-order valence-electron chi connectivity index (χ0n) is 15.0. The lowest BCUT2D eigenvalue weighted by molar-refractivity contribution is -0.136. The molecule has 0 radical (unpaired) electrons. The van der Waals surface area contributed by atoms with E-state index in [4.69, 9.17) is 14.2 Å². The molecule has 0 N–H and O–H groups in total. The van der Waals surface area contributed by atoms with Gasteiger partial charge in [0.1, 0.15) is 0 Å². The van der Waals surface area contributed by atoms with Crippen molar-refractivity contribution in [1.29, 1.82) is 0 Å². The number of likely N-dealkylation sites (tertiary alicyclic amines) is 1. The van der Waals surface area contributed by atoms with Crippen molar-refractivity contribution < 1.29 is 28.6 Å². The van der Waals surface area contributed by atoms with E-state index in [0.717, 1.165) is 12.8 Å². The number of ketones is 2. The van der Waals surface area contributed by atoms with Crippen molar-refractivity contribution in [3.63, 3.8) is 0 Å². The Labute approximate surface area is 146 Å². The Kier molecular flexibility index (Phi) is 6.01. The molecule has 7 heteroatoms. The van der Waals surface area contributed by atoms with Gasteiger partial charge in [-0.3, -0.25) is 14.4 Å². The van der Waals surface area contributed by atoms with Crippen molar-refractivity contribution in [2.75, 3.05) is 27.9 Å². The van der Waals surface area contributed by atoms with E-state index < -0.39 is 17.7 Å². The highest BCUT2D eigenvalue weighted by Crippen LogP contribution is 2.38. The second-order valence-electron chi connectivity index (χ2n) is 5.86. The average Bonchev–Trinajstić information content (AvgIpc) is 2.65. The van der Waals surface area contributed by atoms with Crippen LogP contribution in [0.5, 0.6) is 17.2 Å². The lowest BCUT2D eigenvalue weighted by Crippen LogP contribution is -2.49. The highest BCUT2D eigenvalue weighted by molar-refractivity contribution is 6.43. The summed E-state index contributed by atoms with van der Waals surface area (Å²) in [6.45, 7) is 1.85. The molecule has 0 aliphatic carbocycles. The summed E-state index contributed by atoms with van der Waals surface area (Å²) in [6.07, 6.45) is 2.23. The Bertz CT molecular complexity index is 659. The van der Waals surface area contributed by atoms with Gasteiger partial charge < -0.3 is 19.1 Å². The van der Waals surface area contributed by atoms with Crippen LogP contribution in [0.15, 0.2) is 12.1 Å². The molecule has 1 aliphatic rings. The van der Waals surface area contributed by atoms with Crippen LogP contribution in [0.2, 0.25) is 0 Å². The number of benzene rings is 1. The Hall–Kier alpha value is -2.57.